The summed E-state index contributed by atoms with van der Waals surface area (Å²) in [6, 6.07) is 98.9. The van der Waals surface area contributed by atoms with Crippen LogP contribution >= 0.6 is 47.2 Å². The molecule has 1 unspecified atom stereocenters. The summed E-state index contributed by atoms with van der Waals surface area (Å²) in [4.78, 5) is 22.9. The van der Waals surface area contributed by atoms with Gasteiger partial charge < -0.3 is 39.7 Å². The number of ether oxygens (including phenoxy) is 4. The van der Waals surface area contributed by atoms with E-state index >= 15 is 0 Å². The smallest absolute Gasteiger partial charge is 0.327 e. The number of thiazole rings is 1. The number of nitrogens with one attached hydrogen (secondary N) is 2. The third-order valence-corrected chi connectivity index (χ3v) is 25.5. The van der Waals surface area contributed by atoms with Crippen molar-refractivity contribution >= 4 is 158 Å². The van der Waals surface area contributed by atoms with Gasteiger partial charge >= 0.3 is 12.0 Å². The molecule has 4 N–H and O–H groups in total. The van der Waals surface area contributed by atoms with Crippen LogP contribution in [0.5, 0.6) is 46.8 Å². The molecule has 0 bridgehead atoms. The maximum absolute atomic E-state index is 13.1. The molecule has 1 atom stereocenters. The molecule has 0 radical (unpaired) electrons. The predicted molar refractivity (Wildman–Crippen MR) is 504 cm³/mol. The van der Waals surface area contributed by atoms with Crippen LogP contribution in [-0.4, -0.2) is 45.2 Å². The average molecular weight is 1770 g/mol. The van der Waals surface area contributed by atoms with Crippen LogP contribution in [0, 0.1) is 20.8 Å². The van der Waals surface area contributed by atoms with Gasteiger partial charge in [0.2, 0.25) is 17.3 Å². The summed E-state index contributed by atoms with van der Waals surface area (Å²) in [6.45, 7) is 6.32. The fraction of sp³-hybridized carbons (Fsp3) is 0.0792. The van der Waals surface area contributed by atoms with Crippen molar-refractivity contribution in [2.45, 2.75) is 59.1 Å². The van der Waals surface area contributed by atoms with Crippen LogP contribution in [0.15, 0.2) is 357 Å². The molecule has 0 spiro atoms. The van der Waals surface area contributed by atoms with Gasteiger partial charge in [-0.15, -0.1) is 4.33 Å². The minimum atomic E-state index is -4.82. The number of thioether (sulfide) groups is 1. The lowest BCUT2D eigenvalue weighted by molar-refractivity contribution is -0.777. The largest absolute Gasteiger partial charge is 0.691 e. The van der Waals surface area contributed by atoms with E-state index in [0.29, 0.717) is 62.9 Å². The Kier molecular flexibility index (Phi) is 26.5. The number of hydrogen-bond acceptors (Lipinski definition) is 23. The first kappa shape index (κ1) is 85.6. The standard InChI is InChI=1S/C62H42N6O10S2.C32H31N2S2.C7H8O3S/c69-77-78-79-55-35-49(63-57-37-59(73-51-27-21-39-9-1-5-13-45(39)31-51)67-61(65-57)75-53-29-23-41-11-3-7-15-47(41)33-53)25-19-43(55)17-18-44-20-26-50(36-56(44)80(70,71)72)64-58-38-60(74-52-28-22-40-10-2-6-14-46(40)32-52)68-62(66-58)76-54-30-24-42-12-4-8-16-48(42)34-54;1-21-10-12-27-29(14-21)35-31(33(27)3)19-23-16-24(18-26(17-23)25-8-6-5-7-9-25)20-32-34(4)28-13-11-22(2)15-30(28)36-32;1-6-2-4-7(5-3-6)11-10-9-8/h1-38,69H,(H,63,65,67)(H,64,66,68)(H,70,71,72);5-16,19-20,26H,17-18H2,1-4H3;2-5,8H,1H3/q;+1;/p-1. The number of rotatable bonds is 24. The Hall–Kier alpha value is -13.6. The molecule has 127 heavy (non-hydrogen) atoms. The monoisotopic (exact) mass is 1770 g/mol. The third kappa shape index (κ3) is 21.7. The molecule has 1 aliphatic heterocycles. The van der Waals surface area contributed by atoms with E-state index in [1.165, 1.54) is 76.9 Å². The Morgan fingerprint density at radius 1 is 0.504 bits per heavy atom. The zero-order chi connectivity index (χ0) is 87.3. The van der Waals surface area contributed by atoms with Gasteiger partial charge in [0.25, 0.3) is 15.1 Å². The summed E-state index contributed by atoms with van der Waals surface area (Å²) in [6.07, 6.45) is 12.5. The molecule has 0 amide bonds. The van der Waals surface area contributed by atoms with Gasteiger partial charge in [0.1, 0.15) is 51.3 Å². The van der Waals surface area contributed by atoms with Gasteiger partial charge in [0, 0.05) is 57.4 Å². The second-order valence-electron chi connectivity index (χ2n) is 30.1. The lowest BCUT2D eigenvalue weighted by Crippen LogP contribution is -2.29. The van der Waals surface area contributed by atoms with Crippen LogP contribution in [0.25, 0.3) is 71.5 Å². The van der Waals surface area contributed by atoms with Crippen LogP contribution in [0.3, 0.4) is 0 Å². The van der Waals surface area contributed by atoms with Crippen molar-refractivity contribution in [1.82, 2.24) is 19.9 Å². The topological polar surface area (TPSA) is 254 Å². The first-order valence-electron chi connectivity index (χ1n) is 40.2. The van der Waals surface area contributed by atoms with E-state index in [4.69, 9.17) is 23.3 Å². The van der Waals surface area contributed by atoms with Crippen LogP contribution in [0.4, 0.5) is 28.7 Å². The Morgan fingerprint density at radius 3 is 1.56 bits per heavy atom. The predicted octanol–water partition coefficient (Wildman–Crippen LogP) is 25.9. The molecular weight excluding hydrogens is 1690 g/mol. The van der Waals surface area contributed by atoms with Gasteiger partial charge in [0.15, 0.2) is 0 Å². The number of anilines is 5. The molecule has 0 fully saturated rings. The van der Waals surface area contributed by atoms with Gasteiger partial charge in [-0.1, -0.05) is 240 Å². The first-order chi connectivity index (χ1) is 61.8. The van der Waals surface area contributed by atoms with Crippen molar-refractivity contribution in [3.8, 4) is 46.8 Å². The highest BCUT2D eigenvalue weighted by atomic mass is 32.2. The summed E-state index contributed by atoms with van der Waals surface area (Å²) in [5.74, 6) is 3.36. The summed E-state index contributed by atoms with van der Waals surface area (Å²) in [5.41, 5.74) is 12.0. The number of aryl methyl sites for hydroxylation is 4. The molecular formula is C101H80N8O13S5. The maximum atomic E-state index is 13.1. The van der Waals surface area contributed by atoms with E-state index in [2.05, 4.69) is 167 Å². The molecule has 14 aromatic carbocycles. The zero-order valence-electron chi connectivity index (χ0n) is 68.9. The number of allylic oxidation sites excluding steroid dienone is 4. The van der Waals surface area contributed by atoms with Crippen LogP contribution in [-0.2, 0) is 35.9 Å². The van der Waals surface area contributed by atoms with E-state index in [-0.39, 0.29) is 40.8 Å². The molecule has 4 heterocycles. The van der Waals surface area contributed by atoms with Crippen molar-refractivity contribution in [3.05, 3.63) is 376 Å². The summed E-state index contributed by atoms with van der Waals surface area (Å²) < 4.78 is 74.4. The number of aromatic nitrogens is 5. The molecule has 0 saturated heterocycles. The second-order valence-corrected chi connectivity index (χ2v) is 35.1. The van der Waals surface area contributed by atoms with Crippen molar-refractivity contribution in [3.63, 3.8) is 0 Å². The number of nitrogens with zero attached hydrogens (tertiary/aromatic N) is 6. The molecule has 19 rings (SSSR count). The minimum absolute atomic E-state index is 0.00613. The van der Waals surface area contributed by atoms with E-state index < -0.39 is 15.0 Å². The minimum Gasteiger partial charge on any atom is -0.691 e. The molecule has 26 heteroatoms. The lowest BCUT2D eigenvalue weighted by Gasteiger charge is -2.24. The summed E-state index contributed by atoms with van der Waals surface area (Å²) in [5, 5.41) is 42.8. The lowest BCUT2D eigenvalue weighted by atomic mass is 9.81. The highest BCUT2D eigenvalue weighted by Gasteiger charge is 2.27. The van der Waals surface area contributed by atoms with Gasteiger partial charge in [-0.25, -0.2) is 5.26 Å². The van der Waals surface area contributed by atoms with Gasteiger partial charge in [-0.05, 0) is 231 Å². The van der Waals surface area contributed by atoms with Crippen molar-refractivity contribution in [2.24, 2.45) is 7.05 Å². The first-order valence-corrected chi connectivity index (χ1v) is 44.8. The fourth-order valence-electron chi connectivity index (χ4n) is 14.8. The molecule has 632 valence electrons. The van der Waals surface area contributed by atoms with Crippen LogP contribution in [0.1, 0.15) is 57.1 Å². The molecule has 2 aliphatic rings. The van der Waals surface area contributed by atoms with Crippen LogP contribution < -0.4 is 44.3 Å². The Morgan fingerprint density at radius 2 is 1.01 bits per heavy atom. The molecule has 3 aromatic heterocycles. The van der Waals surface area contributed by atoms with E-state index in [1.807, 2.05) is 218 Å². The number of fused-ring (bicyclic) bond motifs is 6. The number of benzene rings is 14. The van der Waals surface area contributed by atoms with E-state index in [1.54, 1.807) is 48.5 Å². The van der Waals surface area contributed by atoms with Crippen molar-refractivity contribution in [1.29, 1.82) is 0 Å². The zero-order valence-corrected chi connectivity index (χ0v) is 73.0. The molecule has 1 aliphatic carbocycles. The van der Waals surface area contributed by atoms with Gasteiger partial charge in [-0.2, -0.15) is 37.3 Å². The fourth-order valence-corrected chi connectivity index (χ4v) is 18.8. The Labute approximate surface area is 749 Å². The normalized spacial score (nSPS) is 13.8. The Balaban J connectivity index is 0.000000197. The molecule has 0 saturated carbocycles. The SMILES string of the molecule is Cc1ccc(SOO[O-])cc1.Cc1ccc2c(c1)SC(=CC1=CC(=Cc3sc4cc(C)ccc4[n+]3C)CC(c3ccccc3)C1)N2C.O=S(=O)(O)c1cc(Nc2cc(Oc3ccc4ccccc4c3)nc(Oc3ccc4ccccc4c3)n2)ccc1C=Cc1ccc(Nc2cc(Oc3ccc4ccccc4c3)nc(Oc3ccc4ccccc4c3)n2)cc1SOOO. The molecule has 17 aromatic rings. The van der Waals surface area contributed by atoms with Crippen molar-refractivity contribution in [2.75, 3.05) is 22.6 Å². The molecule has 21 nitrogen and oxygen atoms in total. The van der Waals surface area contributed by atoms with E-state index in [9.17, 15) is 23.5 Å². The third-order valence-electron chi connectivity index (χ3n) is 21.0. The van der Waals surface area contributed by atoms with Crippen LogP contribution in [0.2, 0.25) is 0 Å². The second kappa shape index (κ2) is 39.3. The quantitative estimate of drug-likeness (QED) is 0.0109. The Bertz CT molecular complexity index is 7000. The average Bonchev–Trinajstić information content (AvgIpc) is 1.72. The van der Waals surface area contributed by atoms with E-state index in [0.717, 1.165) is 78.4 Å². The summed E-state index contributed by atoms with van der Waals surface area (Å²) >= 11 is 5.35. The maximum Gasteiger partial charge on any atom is 0.327 e. The van der Waals surface area contributed by atoms with Crippen molar-refractivity contribution < 1.29 is 65.7 Å². The highest BCUT2D eigenvalue weighted by molar-refractivity contribution is 8.03. The highest BCUT2D eigenvalue weighted by Crippen LogP contribution is 2.48. The van der Waals surface area contributed by atoms with Gasteiger partial charge in [-0.3, -0.25) is 9.59 Å². The summed E-state index contributed by atoms with van der Waals surface area (Å²) in [7, 11) is -0.441. The van der Waals surface area contributed by atoms with Gasteiger partial charge in [0.05, 0.1) is 34.8 Å². The number of hydrogen-bond donors (Lipinski definition) is 4.